The summed E-state index contributed by atoms with van der Waals surface area (Å²) >= 11 is 0. The van der Waals surface area contributed by atoms with Gasteiger partial charge in [0.05, 0.1) is 11.5 Å². The molecule has 1 rings (SSSR count). The van der Waals surface area contributed by atoms with E-state index in [-0.39, 0.29) is 17.8 Å². The highest BCUT2D eigenvalue weighted by atomic mass is 16.6. The highest BCUT2D eigenvalue weighted by Gasteiger charge is 2.16. The van der Waals surface area contributed by atoms with Crippen LogP contribution in [0.15, 0.2) is 18.2 Å². The topological polar surface area (TPSA) is 113 Å². The Hall–Kier alpha value is -2.62. The minimum absolute atomic E-state index is 0.0220. The molecular formula is C10H10N4O3. The zero-order valence-electron chi connectivity index (χ0n) is 9.08. The largest absolute Gasteiger partial charge is 0.368 e. The highest BCUT2D eigenvalue weighted by molar-refractivity contribution is 5.79. The molecule has 0 bridgehead atoms. The van der Waals surface area contributed by atoms with E-state index in [2.05, 4.69) is 0 Å². The summed E-state index contributed by atoms with van der Waals surface area (Å²) in [5.74, 6) is -0.542. The fraction of sp³-hybridized carbons (Fsp3) is 0.200. The zero-order valence-corrected chi connectivity index (χ0v) is 9.08. The Labute approximate surface area is 97.2 Å². The van der Waals surface area contributed by atoms with Gasteiger partial charge in [-0.05, 0) is 12.1 Å². The first-order valence-corrected chi connectivity index (χ1v) is 4.63. The van der Waals surface area contributed by atoms with Gasteiger partial charge in [0, 0.05) is 18.8 Å². The van der Waals surface area contributed by atoms with Gasteiger partial charge in [-0.1, -0.05) is 0 Å². The second-order valence-electron chi connectivity index (χ2n) is 3.39. The van der Waals surface area contributed by atoms with E-state index in [1.807, 2.05) is 0 Å². The Kier molecular flexibility index (Phi) is 3.62. The molecule has 0 saturated carbocycles. The maximum Gasteiger partial charge on any atom is 0.289 e. The van der Waals surface area contributed by atoms with Gasteiger partial charge in [-0.25, -0.2) is 0 Å². The first kappa shape index (κ1) is 12.4. The molecule has 1 amide bonds. The van der Waals surface area contributed by atoms with Crippen LogP contribution in [0.3, 0.4) is 0 Å². The summed E-state index contributed by atoms with van der Waals surface area (Å²) in [6.07, 6.45) is 0. The molecule has 0 radical (unpaired) electrons. The number of nitrogens with zero attached hydrogens (tertiary/aromatic N) is 3. The number of nitrogens with two attached hydrogens (primary N) is 1. The summed E-state index contributed by atoms with van der Waals surface area (Å²) in [5, 5.41) is 19.4. The fourth-order valence-electron chi connectivity index (χ4n) is 1.33. The van der Waals surface area contributed by atoms with Crippen LogP contribution < -0.4 is 10.6 Å². The van der Waals surface area contributed by atoms with E-state index in [9.17, 15) is 14.9 Å². The molecule has 17 heavy (non-hydrogen) atoms. The highest BCUT2D eigenvalue weighted by Crippen LogP contribution is 2.24. The molecule has 88 valence electrons. The van der Waals surface area contributed by atoms with Crippen molar-refractivity contribution in [2.24, 2.45) is 5.73 Å². The predicted octanol–water partition coefficient (Wildman–Crippen LogP) is 0.388. The van der Waals surface area contributed by atoms with E-state index < -0.39 is 10.8 Å². The molecule has 0 aliphatic rings. The van der Waals surface area contributed by atoms with Crippen LogP contribution in [-0.4, -0.2) is 24.4 Å². The number of hydrogen-bond acceptors (Lipinski definition) is 5. The molecular weight excluding hydrogens is 224 g/mol. The van der Waals surface area contributed by atoms with Gasteiger partial charge in [0.1, 0.15) is 11.6 Å². The van der Waals surface area contributed by atoms with Crippen molar-refractivity contribution in [1.82, 2.24) is 0 Å². The van der Waals surface area contributed by atoms with Crippen LogP contribution in [0, 0.1) is 21.4 Å². The molecule has 0 aliphatic heterocycles. The number of nitro groups is 1. The molecule has 0 heterocycles. The number of hydrogen-bond donors (Lipinski definition) is 1. The number of nitro benzene ring substituents is 1. The van der Waals surface area contributed by atoms with E-state index in [0.717, 1.165) is 0 Å². The lowest BCUT2D eigenvalue weighted by atomic mass is 10.1. The van der Waals surface area contributed by atoms with Gasteiger partial charge in [0.25, 0.3) is 5.69 Å². The molecule has 0 atom stereocenters. The molecule has 0 aromatic heterocycles. The van der Waals surface area contributed by atoms with Gasteiger partial charge >= 0.3 is 0 Å². The average Bonchev–Trinajstić information content (AvgIpc) is 2.27. The maximum absolute atomic E-state index is 10.7. The number of benzene rings is 1. The minimum atomic E-state index is -0.639. The number of anilines is 1. The van der Waals surface area contributed by atoms with Crippen molar-refractivity contribution in [3.63, 3.8) is 0 Å². The SMILES string of the molecule is CN(CC(N)=O)c1ccc(C#N)c([N+](=O)[O-])c1. The first-order chi connectivity index (χ1) is 7.95. The van der Waals surface area contributed by atoms with Crippen molar-refractivity contribution in [3.05, 3.63) is 33.9 Å². The lowest BCUT2D eigenvalue weighted by Gasteiger charge is -2.16. The molecule has 0 fully saturated rings. The van der Waals surface area contributed by atoms with Crippen LogP contribution >= 0.6 is 0 Å². The Balaban J connectivity index is 3.13. The Morgan fingerprint density at radius 2 is 2.29 bits per heavy atom. The number of amides is 1. The third kappa shape index (κ3) is 2.92. The van der Waals surface area contributed by atoms with Crippen LogP contribution in [0.4, 0.5) is 11.4 Å². The van der Waals surface area contributed by atoms with E-state index in [4.69, 9.17) is 11.0 Å². The van der Waals surface area contributed by atoms with Gasteiger partial charge in [-0.15, -0.1) is 0 Å². The summed E-state index contributed by atoms with van der Waals surface area (Å²) in [6.45, 7) is -0.0525. The molecule has 0 saturated heterocycles. The predicted molar refractivity (Wildman–Crippen MR) is 60.3 cm³/mol. The summed E-state index contributed by atoms with van der Waals surface area (Å²) in [5.41, 5.74) is 5.16. The summed E-state index contributed by atoms with van der Waals surface area (Å²) in [6, 6.07) is 5.83. The van der Waals surface area contributed by atoms with Crippen LogP contribution in [0.25, 0.3) is 0 Å². The molecule has 0 spiro atoms. The zero-order chi connectivity index (χ0) is 13.0. The standard InChI is InChI=1S/C10H10N4O3/c1-13(6-10(12)15)8-3-2-7(5-11)9(4-8)14(16)17/h2-4H,6H2,1H3,(H2,12,15). The van der Waals surface area contributed by atoms with E-state index in [0.29, 0.717) is 5.69 Å². The van der Waals surface area contributed by atoms with E-state index in [1.165, 1.54) is 23.1 Å². The molecule has 0 unspecified atom stereocenters. The molecule has 1 aromatic rings. The van der Waals surface area contributed by atoms with Crippen LogP contribution in [0.5, 0.6) is 0 Å². The third-order valence-corrected chi connectivity index (χ3v) is 2.13. The average molecular weight is 234 g/mol. The lowest BCUT2D eigenvalue weighted by Crippen LogP contribution is -2.30. The first-order valence-electron chi connectivity index (χ1n) is 4.63. The van der Waals surface area contributed by atoms with Crippen molar-refractivity contribution in [3.8, 4) is 6.07 Å². The number of carbonyl (C=O) groups is 1. The van der Waals surface area contributed by atoms with Gasteiger partial charge in [-0.2, -0.15) is 5.26 Å². The van der Waals surface area contributed by atoms with Crippen molar-refractivity contribution >= 4 is 17.3 Å². The van der Waals surface area contributed by atoms with Crippen molar-refractivity contribution in [2.75, 3.05) is 18.5 Å². The van der Waals surface area contributed by atoms with Gasteiger partial charge < -0.3 is 10.6 Å². The maximum atomic E-state index is 10.7. The van der Waals surface area contributed by atoms with E-state index in [1.54, 1.807) is 13.1 Å². The molecule has 1 aromatic carbocycles. The molecule has 2 N–H and O–H groups in total. The summed E-state index contributed by atoms with van der Waals surface area (Å²) in [7, 11) is 1.58. The lowest BCUT2D eigenvalue weighted by molar-refractivity contribution is -0.385. The van der Waals surface area contributed by atoms with Gasteiger partial charge in [0.15, 0.2) is 0 Å². The second-order valence-corrected chi connectivity index (χ2v) is 3.39. The number of carbonyl (C=O) groups excluding carboxylic acids is 1. The Morgan fingerprint density at radius 1 is 1.65 bits per heavy atom. The number of likely N-dealkylation sites (N-methyl/N-ethyl adjacent to an activating group) is 1. The minimum Gasteiger partial charge on any atom is -0.368 e. The molecule has 0 aliphatic carbocycles. The van der Waals surface area contributed by atoms with Gasteiger partial charge in [-0.3, -0.25) is 14.9 Å². The Morgan fingerprint density at radius 3 is 2.76 bits per heavy atom. The quantitative estimate of drug-likeness (QED) is 0.597. The number of nitriles is 1. The summed E-state index contributed by atoms with van der Waals surface area (Å²) < 4.78 is 0. The van der Waals surface area contributed by atoms with Gasteiger partial charge in [0.2, 0.25) is 5.91 Å². The molecule has 7 nitrogen and oxygen atoms in total. The Bertz CT molecular complexity index is 507. The van der Waals surface area contributed by atoms with Crippen LogP contribution in [0.2, 0.25) is 0 Å². The number of rotatable bonds is 4. The number of primary amides is 1. The van der Waals surface area contributed by atoms with E-state index >= 15 is 0 Å². The van der Waals surface area contributed by atoms with Crippen LogP contribution in [0.1, 0.15) is 5.56 Å². The molecule has 7 heteroatoms. The van der Waals surface area contributed by atoms with Crippen LogP contribution in [-0.2, 0) is 4.79 Å². The van der Waals surface area contributed by atoms with Crippen molar-refractivity contribution < 1.29 is 9.72 Å². The summed E-state index contributed by atoms with van der Waals surface area (Å²) in [4.78, 5) is 22.3. The van der Waals surface area contributed by atoms with Crippen molar-refractivity contribution in [1.29, 1.82) is 5.26 Å². The second kappa shape index (κ2) is 4.94. The normalized spacial score (nSPS) is 9.41. The monoisotopic (exact) mass is 234 g/mol. The fourth-order valence-corrected chi connectivity index (χ4v) is 1.33. The van der Waals surface area contributed by atoms with Crippen molar-refractivity contribution in [2.45, 2.75) is 0 Å². The smallest absolute Gasteiger partial charge is 0.289 e. The third-order valence-electron chi connectivity index (χ3n) is 2.13.